The first-order valence-corrected chi connectivity index (χ1v) is 13.8. The number of ether oxygens (including phenoxy) is 2. The standard InChI is InChI=1S/C24H37N5O5S/c1-24(2,3)26-23(30)18-28-16-21-14-27(15-22(17-28)34-21)9-10-29(35(4,31)32)11-12-33-20-7-5-19(13-25)6-8-20/h5-8,21-22H,9-12,14-18H2,1-4H3,(H,26,30). The number of morpholine rings is 2. The fourth-order valence-corrected chi connectivity index (χ4v) is 5.24. The molecule has 0 aliphatic carbocycles. The molecule has 2 atom stereocenters. The van der Waals surface area contributed by atoms with Crippen LogP contribution < -0.4 is 10.1 Å². The Balaban J connectivity index is 1.45. The fourth-order valence-electron chi connectivity index (χ4n) is 4.42. The van der Waals surface area contributed by atoms with Gasteiger partial charge in [0.05, 0.1) is 36.6 Å². The van der Waals surface area contributed by atoms with Gasteiger partial charge in [-0.2, -0.15) is 9.57 Å². The molecule has 0 saturated carbocycles. The number of nitrogens with one attached hydrogen (secondary N) is 1. The Morgan fingerprint density at radius 3 is 2.29 bits per heavy atom. The Kier molecular flexibility index (Phi) is 9.12. The fraction of sp³-hybridized carbons (Fsp3) is 0.667. The normalized spacial score (nSPS) is 21.5. The van der Waals surface area contributed by atoms with Crippen molar-refractivity contribution in [3.63, 3.8) is 0 Å². The predicted molar refractivity (Wildman–Crippen MR) is 133 cm³/mol. The largest absolute Gasteiger partial charge is 0.492 e. The maximum atomic E-state index is 12.3. The predicted octanol–water partition coefficient (Wildman–Crippen LogP) is 0.498. The highest BCUT2D eigenvalue weighted by Crippen LogP contribution is 2.19. The third kappa shape index (κ3) is 9.05. The van der Waals surface area contributed by atoms with Gasteiger partial charge in [-0.25, -0.2) is 8.42 Å². The zero-order valence-corrected chi connectivity index (χ0v) is 21.9. The lowest BCUT2D eigenvalue weighted by Crippen LogP contribution is -2.61. The summed E-state index contributed by atoms with van der Waals surface area (Å²) < 4.78 is 37.8. The molecule has 2 unspecified atom stereocenters. The summed E-state index contributed by atoms with van der Waals surface area (Å²) in [5.41, 5.74) is 0.288. The first kappa shape index (κ1) is 27.4. The van der Waals surface area contributed by atoms with Crippen LogP contribution in [0.5, 0.6) is 5.75 Å². The zero-order valence-electron chi connectivity index (χ0n) is 21.1. The highest BCUT2D eigenvalue weighted by Gasteiger charge is 2.36. The van der Waals surface area contributed by atoms with Crippen LogP contribution in [0.3, 0.4) is 0 Å². The Labute approximate surface area is 208 Å². The van der Waals surface area contributed by atoms with Gasteiger partial charge in [0.25, 0.3) is 0 Å². The minimum atomic E-state index is -3.39. The first-order valence-electron chi connectivity index (χ1n) is 11.9. The van der Waals surface area contributed by atoms with Crippen LogP contribution in [0.15, 0.2) is 24.3 Å². The summed E-state index contributed by atoms with van der Waals surface area (Å²) in [5, 5.41) is 11.9. The topological polar surface area (TPSA) is 115 Å². The van der Waals surface area contributed by atoms with Crippen molar-refractivity contribution in [1.82, 2.24) is 19.4 Å². The van der Waals surface area contributed by atoms with Gasteiger partial charge in [-0.15, -0.1) is 0 Å². The molecule has 2 heterocycles. The number of benzene rings is 1. The van der Waals surface area contributed by atoms with Crippen LogP contribution in [0, 0.1) is 11.3 Å². The number of hydrogen-bond donors (Lipinski definition) is 1. The quantitative estimate of drug-likeness (QED) is 0.487. The lowest BCUT2D eigenvalue weighted by atomic mass is 10.1. The van der Waals surface area contributed by atoms with E-state index in [-0.39, 0.29) is 36.8 Å². The summed E-state index contributed by atoms with van der Waals surface area (Å²) in [6.07, 6.45) is 1.20. The maximum Gasteiger partial charge on any atom is 0.234 e. The molecule has 1 N–H and O–H groups in total. The second-order valence-electron chi connectivity index (χ2n) is 10.3. The lowest BCUT2D eigenvalue weighted by Gasteiger charge is -2.46. The van der Waals surface area contributed by atoms with E-state index in [9.17, 15) is 13.2 Å². The molecule has 35 heavy (non-hydrogen) atoms. The molecule has 2 fully saturated rings. The van der Waals surface area contributed by atoms with Crippen molar-refractivity contribution in [2.75, 3.05) is 65.2 Å². The monoisotopic (exact) mass is 507 g/mol. The van der Waals surface area contributed by atoms with Crippen molar-refractivity contribution < 1.29 is 22.7 Å². The molecule has 1 amide bonds. The number of amides is 1. The smallest absolute Gasteiger partial charge is 0.234 e. The summed E-state index contributed by atoms with van der Waals surface area (Å²) in [6.45, 7) is 10.5. The third-order valence-corrected chi connectivity index (χ3v) is 7.14. The van der Waals surface area contributed by atoms with E-state index in [1.807, 2.05) is 20.8 Å². The molecule has 1 aromatic rings. The van der Waals surface area contributed by atoms with Gasteiger partial charge >= 0.3 is 0 Å². The van der Waals surface area contributed by atoms with Crippen LogP contribution >= 0.6 is 0 Å². The second kappa shape index (κ2) is 11.7. The summed E-state index contributed by atoms with van der Waals surface area (Å²) in [4.78, 5) is 16.7. The number of hydrogen-bond acceptors (Lipinski definition) is 8. The van der Waals surface area contributed by atoms with Gasteiger partial charge in [0, 0.05) is 51.4 Å². The molecule has 1 aromatic carbocycles. The molecule has 0 radical (unpaired) electrons. The number of nitrogens with zero attached hydrogens (tertiary/aromatic N) is 4. The van der Waals surface area contributed by atoms with Crippen LogP contribution in [-0.4, -0.2) is 111 Å². The molecule has 194 valence electrons. The molecular weight excluding hydrogens is 470 g/mol. The Bertz CT molecular complexity index is 989. The highest BCUT2D eigenvalue weighted by molar-refractivity contribution is 7.88. The molecule has 10 nitrogen and oxygen atoms in total. The van der Waals surface area contributed by atoms with E-state index in [0.717, 1.165) is 0 Å². The summed E-state index contributed by atoms with van der Waals surface area (Å²) in [7, 11) is -3.39. The number of rotatable bonds is 10. The van der Waals surface area contributed by atoms with Crippen LogP contribution in [-0.2, 0) is 19.6 Å². The van der Waals surface area contributed by atoms with Crippen molar-refractivity contribution >= 4 is 15.9 Å². The number of sulfonamides is 1. The molecule has 0 spiro atoms. The van der Waals surface area contributed by atoms with Gasteiger partial charge in [0.15, 0.2) is 0 Å². The second-order valence-corrected chi connectivity index (χ2v) is 12.3. The average Bonchev–Trinajstić information content (AvgIpc) is 2.73. The van der Waals surface area contributed by atoms with Crippen LogP contribution in [0.25, 0.3) is 0 Å². The molecule has 0 aromatic heterocycles. The summed E-state index contributed by atoms with van der Waals surface area (Å²) in [6, 6.07) is 8.78. The molecule has 2 saturated heterocycles. The number of carbonyl (C=O) groups is 1. The van der Waals surface area contributed by atoms with Crippen molar-refractivity contribution in [3.8, 4) is 11.8 Å². The number of fused-ring (bicyclic) bond motifs is 2. The molecule has 11 heteroatoms. The van der Waals surface area contributed by atoms with Gasteiger partial charge < -0.3 is 14.8 Å². The Morgan fingerprint density at radius 1 is 1.14 bits per heavy atom. The Hall–Kier alpha value is -2.23. The van der Waals surface area contributed by atoms with E-state index in [4.69, 9.17) is 14.7 Å². The summed E-state index contributed by atoms with van der Waals surface area (Å²) >= 11 is 0. The van der Waals surface area contributed by atoms with Crippen molar-refractivity contribution in [3.05, 3.63) is 29.8 Å². The number of carbonyl (C=O) groups excluding carboxylic acids is 1. The van der Waals surface area contributed by atoms with E-state index < -0.39 is 10.0 Å². The van der Waals surface area contributed by atoms with Crippen molar-refractivity contribution in [1.29, 1.82) is 5.26 Å². The van der Waals surface area contributed by atoms with E-state index in [1.165, 1.54) is 10.6 Å². The van der Waals surface area contributed by atoms with E-state index >= 15 is 0 Å². The molecule has 2 aliphatic heterocycles. The van der Waals surface area contributed by atoms with Gasteiger partial charge in [0.2, 0.25) is 15.9 Å². The van der Waals surface area contributed by atoms with E-state index in [1.54, 1.807) is 24.3 Å². The maximum absolute atomic E-state index is 12.3. The van der Waals surface area contributed by atoms with Crippen molar-refractivity contribution in [2.24, 2.45) is 0 Å². The lowest BCUT2D eigenvalue weighted by molar-refractivity contribution is -0.145. The van der Waals surface area contributed by atoms with E-state index in [0.29, 0.717) is 57.1 Å². The molecule has 2 bridgehead atoms. The minimum Gasteiger partial charge on any atom is -0.492 e. The van der Waals surface area contributed by atoms with Gasteiger partial charge in [0.1, 0.15) is 12.4 Å². The van der Waals surface area contributed by atoms with Crippen molar-refractivity contribution in [2.45, 2.75) is 38.5 Å². The van der Waals surface area contributed by atoms with Gasteiger partial charge in [-0.3, -0.25) is 14.6 Å². The summed E-state index contributed by atoms with van der Waals surface area (Å²) in [5.74, 6) is 0.612. The number of nitriles is 1. The minimum absolute atomic E-state index is 0.00339. The zero-order chi connectivity index (χ0) is 25.6. The molecular formula is C24H37N5O5S. The molecule has 2 aliphatic rings. The Morgan fingerprint density at radius 2 is 1.74 bits per heavy atom. The van der Waals surface area contributed by atoms with E-state index in [2.05, 4.69) is 21.2 Å². The SMILES string of the molecule is CC(C)(C)NC(=O)CN1CC2CN(CCN(CCOc3ccc(C#N)cc3)S(C)(=O)=O)CC(C1)O2. The third-order valence-electron chi connectivity index (χ3n) is 5.84. The highest BCUT2D eigenvalue weighted by atomic mass is 32.2. The molecule has 3 rings (SSSR count). The van der Waals surface area contributed by atoms with Gasteiger partial charge in [-0.05, 0) is 45.0 Å². The van der Waals surface area contributed by atoms with Crippen LogP contribution in [0.2, 0.25) is 0 Å². The van der Waals surface area contributed by atoms with Crippen LogP contribution in [0.1, 0.15) is 26.3 Å². The van der Waals surface area contributed by atoms with Crippen LogP contribution in [0.4, 0.5) is 0 Å². The first-order chi connectivity index (χ1) is 16.4. The average molecular weight is 508 g/mol. The van der Waals surface area contributed by atoms with Gasteiger partial charge in [-0.1, -0.05) is 0 Å².